The molecule has 0 atom stereocenters. The fourth-order valence-electron chi connectivity index (χ4n) is 2.39. The number of pyridine rings is 1. The molecule has 0 amide bonds. The second-order valence-electron chi connectivity index (χ2n) is 4.97. The van der Waals surface area contributed by atoms with Crippen LogP contribution in [0.2, 0.25) is 0 Å². The Morgan fingerprint density at radius 2 is 1.41 bits per heavy atom. The highest BCUT2D eigenvalue weighted by molar-refractivity contribution is 5.15. The van der Waals surface area contributed by atoms with Gasteiger partial charge in [-0.2, -0.15) is 0 Å². The van der Waals surface area contributed by atoms with E-state index in [-0.39, 0.29) is 0 Å². The zero-order chi connectivity index (χ0) is 12.3. The maximum absolute atomic E-state index is 4.12. The molecule has 1 rings (SSSR count). The van der Waals surface area contributed by atoms with Crippen molar-refractivity contribution in [1.82, 2.24) is 4.98 Å². The van der Waals surface area contributed by atoms with Gasteiger partial charge in [-0.05, 0) is 36.5 Å². The van der Waals surface area contributed by atoms with E-state index < -0.39 is 0 Å². The first-order chi connectivity index (χ1) is 8.38. The molecule has 0 spiro atoms. The van der Waals surface area contributed by atoms with E-state index in [1.807, 2.05) is 12.4 Å². The predicted octanol–water partition coefficient (Wildman–Crippen LogP) is 5.33. The molecule has 0 N–H and O–H groups in total. The third kappa shape index (κ3) is 5.86. The first-order valence-corrected chi connectivity index (χ1v) is 7.28. The summed E-state index contributed by atoms with van der Waals surface area (Å²) in [5.74, 6) is 0.760. The van der Waals surface area contributed by atoms with E-state index in [0.29, 0.717) is 0 Å². The van der Waals surface area contributed by atoms with E-state index in [4.69, 9.17) is 0 Å². The Balaban J connectivity index is 2.46. The van der Waals surface area contributed by atoms with Gasteiger partial charge in [-0.25, -0.2) is 0 Å². The second kappa shape index (κ2) is 9.21. The van der Waals surface area contributed by atoms with Gasteiger partial charge in [0.15, 0.2) is 0 Å². The first-order valence-electron chi connectivity index (χ1n) is 7.28. The van der Waals surface area contributed by atoms with Crippen molar-refractivity contribution in [3.8, 4) is 0 Å². The van der Waals surface area contributed by atoms with E-state index in [1.54, 1.807) is 0 Å². The van der Waals surface area contributed by atoms with E-state index in [0.717, 1.165) is 5.92 Å². The number of hydrogen-bond acceptors (Lipinski definition) is 1. The van der Waals surface area contributed by atoms with Gasteiger partial charge in [0.25, 0.3) is 0 Å². The lowest BCUT2D eigenvalue weighted by molar-refractivity contribution is 0.506. The van der Waals surface area contributed by atoms with Crippen molar-refractivity contribution in [2.75, 3.05) is 0 Å². The molecule has 0 aliphatic carbocycles. The number of hydrogen-bond donors (Lipinski definition) is 0. The molecule has 0 saturated carbocycles. The smallest absolute Gasteiger partial charge is 0.0270 e. The molecule has 1 heterocycles. The lowest BCUT2D eigenvalue weighted by Gasteiger charge is -2.17. The van der Waals surface area contributed by atoms with E-state index in [2.05, 4.69) is 31.0 Å². The van der Waals surface area contributed by atoms with Crippen LogP contribution in [0.1, 0.15) is 76.7 Å². The zero-order valence-corrected chi connectivity index (χ0v) is 11.5. The van der Waals surface area contributed by atoms with Crippen molar-refractivity contribution in [1.29, 1.82) is 0 Å². The van der Waals surface area contributed by atoms with Crippen LogP contribution in [0.4, 0.5) is 0 Å². The summed E-state index contributed by atoms with van der Waals surface area (Å²) in [6.45, 7) is 4.55. The predicted molar refractivity (Wildman–Crippen MR) is 75.3 cm³/mol. The third-order valence-corrected chi connectivity index (χ3v) is 3.49. The molecule has 1 aromatic rings. The zero-order valence-electron chi connectivity index (χ0n) is 11.5. The van der Waals surface area contributed by atoms with E-state index in [1.165, 1.54) is 56.9 Å². The summed E-state index contributed by atoms with van der Waals surface area (Å²) in [6.07, 6.45) is 14.7. The van der Waals surface area contributed by atoms with Crippen molar-refractivity contribution in [3.05, 3.63) is 30.1 Å². The van der Waals surface area contributed by atoms with E-state index >= 15 is 0 Å². The summed E-state index contributed by atoms with van der Waals surface area (Å²) in [7, 11) is 0. The highest BCUT2D eigenvalue weighted by Crippen LogP contribution is 2.27. The molecule has 0 radical (unpaired) electrons. The average Bonchev–Trinajstić information content (AvgIpc) is 2.38. The SMILES string of the molecule is CCCCCC(CCCCC)c1ccncc1. The standard InChI is InChI=1S/C16H27N/c1-3-5-7-9-15(10-8-6-4-2)16-11-13-17-14-12-16/h11-15H,3-10H2,1-2H3. The Labute approximate surface area is 107 Å². The van der Waals surface area contributed by atoms with Crippen molar-refractivity contribution in [2.45, 2.75) is 71.1 Å². The summed E-state index contributed by atoms with van der Waals surface area (Å²) >= 11 is 0. The molecule has 1 aromatic heterocycles. The van der Waals surface area contributed by atoms with Crippen LogP contribution in [-0.2, 0) is 0 Å². The molecule has 96 valence electrons. The van der Waals surface area contributed by atoms with Crippen LogP contribution < -0.4 is 0 Å². The Morgan fingerprint density at radius 3 is 1.88 bits per heavy atom. The van der Waals surface area contributed by atoms with Crippen LogP contribution in [0.5, 0.6) is 0 Å². The minimum Gasteiger partial charge on any atom is -0.265 e. The van der Waals surface area contributed by atoms with Gasteiger partial charge >= 0.3 is 0 Å². The van der Waals surface area contributed by atoms with Gasteiger partial charge in [-0.3, -0.25) is 4.98 Å². The number of unbranched alkanes of at least 4 members (excludes halogenated alkanes) is 4. The molecule has 0 unspecified atom stereocenters. The summed E-state index contributed by atoms with van der Waals surface area (Å²) in [6, 6.07) is 4.39. The van der Waals surface area contributed by atoms with Gasteiger partial charge in [0.05, 0.1) is 0 Å². The summed E-state index contributed by atoms with van der Waals surface area (Å²) in [5.41, 5.74) is 1.49. The molecule has 1 heteroatoms. The first kappa shape index (κ1) is 14.2. The number of nitrogens with zero attached hydrogens (tertiary/aromatic N) is 1. The molecule has 0 aromatic carbocycles. The van der Waals surface area contributed by atoms with Gasteiger partial charge in [0.2, 0.25) is 0 Å². The van der Waals surface area contributed by atoms with Crippen LogP contribution in [0.25, 0.3) is 0 Å². The maximum Gasteiger partial charge on any atom is 0.0270 e. The van der Waals surface area contributed by atoms with Crippen molar-refractivity contribution in [3.63, 3.8) is 0 Å². The van der Waals surface area contributed by atoms with Crippen LogP contribution >= 0.6 is 0 Å². The lowest BCUT2D eigenvalue weighted by Crippen LogP contribution is -1.99. The Hall–Kier alpha value is -0.850. The van der Waals surface area contributed by atoms with Gasteiger partial charge in [0.1, 0.15) is 0 Å². The molecule has 1 nitrogen and oxygen atoms in total. The van der Waals surface area contributed by atoms with Crippen molar-refractivity contribution < 1.29 is 0 Å². The Morgan fingerprint density at radius 1 is 0.882 bits per heavy atom. The second-order valence-corrected chi connectivity index (χ2v) is 4.97. The van der Waals surface area contributed by atoms with Crippen molar-refractivity contribution >= 4 is 0 Å². The van der Waals surface area contributed by atoms with Gasteiger partial charge in [-0.15, -0.1) is 0 Å². The summed E-state index contributed by atoms with van der Waals surface area (Å²) in [5, 5.41) is 0. The minimum atomic E-state index is 0.760. The summed E-state index contributed by atoms with van der Waals surface area (Å²) in [4.78, 5) is 4.12. The molecule has 0 aliphatic heterocycles. The van der Waals surface area contributed by atoms with Gasteiger partial charge in [0, 0.05) is 12.4 Å². The fraction of sp³-hybridized carbons (Fsp3) is 0.688. The molecule has 0 bridgehead atoms. The fourth-order valence-corrected chi connectivity index (χ4v) is 2.39. The molecule has 0 aliphatic rings. The number of aromatic nitrogens is 1. The highest BCUT2D eigenvalue weighted by atomic mass is 14.6. The molecule has 0 fully saturated rings. The van der Waals surface area contributed by atoms with Crippen LogP contribution in [0, 0.1) is 0 Å². The summed E-state index contributed by atoms with van der Waals surface area (Å²) < 4.78 is 0. The number of rotatable bonds is 9. The van der Waals surface area contributed by atoms with Crippen LogP contribution in [0.15, 0.2) is 24.5 Å². The highest BCUT2D eigenvalue weighted by Gasteiger charge is 2.10. The van der Waals surface area contributed by atoms with Crippen molar-refractivity contribution in [2.24, 2.45) is 0 Å². The van der Waals surface area contributed by atoms with Gasteiger partial charge in [-0.1, -0.05) is 52.4 Å². The minimum absolute atomic E-state index is 0.760. The Kier molecular flexibility index (Phi) is 7.70. The topological polar surface area (TPSA) is 12.9 Å². The molecule has 17 heavy (non-hydrogen) atoms. The van der Waals surface area contributed by atoms with Crippen LogP contribution in [0.3, 0.4) is 0 Å². The molecular weight excluding hydrogens is 206 g/mol. The average molecular weight is 233 g/mol. The third-order valence-electron chi connectivity index (χ3n) is 3.49. The lowest BCUT2D eigenvalue weighted by atomic mass is 9.89. The molecular formula is C16H27N. The molecule has 0 saturated heterocycles. The van der Waals surface area contributed by atoms with Crippen LogP contribution in [-0.4, -0.2) is 4.98 Å². The Bertz CT molecular complexity index is 258. The monoisotopic (exact) mass is 233 g/mol. The van der Waals surface area contributed by atoms with Gasteiger partial charge < -0.3 is 0 Å². The largest absolute Gasteiger partial charge is 0.265 e. The maximum atomic E-state index is 4.12. The normalized spacial score (nSPS) is 11.0. The van der Waals surface area contributed by atoms with E-state index in [9.17, 15) is 0 Å². The quantitative estimate of drug-likeness (QED) is 0.526.